The van der Waals surface area contributed by atoms with E-state index in [9.17, 15) is 4.79 Å². The van der Waals surface area contributed by atoms with Crippen molar-refractivity contribution in [2.24, 2.45) is 5.73 Å². The average Bonchev–Trinajstić information content (AvgIpc) is 2.37. The van der Waals surface area contributed by atoms with Crippen LogP contribution in [0.2, 0.25) is 10.0 Å². The minimum atomic E-state index is -0.418. The number of primary amides is 1. The Hall–Kier alpha value is -1.20. The molecule has 0 atom stereocenters. The maximum absolute atomic E-state index is 11.2. The van der Waals surface area contributed by atoms with E-state index in [0.29, 0.717) is 34.8 Å². The van der Waals surface area contributed by atoms with Crippen molar-refractivity contribution in [3.63, 3.8) is 0 Å². The topological polar surface area (TPSA) is 71.2 Å². The van der Waals surface area contributed by atoms with E-state index in [4.69, 9.17) is 28.9 Å². The van der Waals surface area contributed by atoms with E-state index in [2.05, 4.69) is 17.2 Å². The van der Waals surface area contributed by atoms with Crippen LogP contribution in [-0.4, -0.2) is 30.5 Å². The second kappa shape index (κ2) is 8.17. The molecule has 0 fully saturated rings. The van der Waals surface area contributed by atoms with Crippen LogP contribution in [0, 0.1) is 0 Å². The molecule has 0 spiro atoms. The summed E-state index contributed by atoms with van der Waals surface area (Å²) >= 11 is 12.3. The molecule has 112 valence electrons. The smallest absolute Gasteiger partial charge is 0.236 e. The van der Waals surface area contributed by atoms with E-state index in [1.54, 1.807) is 11.0 Å². The zero-order valence-electron chi connectivity index (χ0n) is 11.7. The summed E-state index contributed by atoms with van der Waals surface area (Å²) in [6.45, 7) is 5.46. The van der Waals surface area contributed by atoms with Gasteiger partial charge < -0.3 is 16.0 Å². The summed E-state index contributed by atoms with van der Waals surface area (Å²) in [4.78, 5) is 17.4. The number of pyridine rings is 1. The Kier molecular flexibility index (Phi) is 6.88. The van der Waals surface area contributed by atoms with Crippen LogP contribution in [0.1, 0.15) is 26.7 Å². The molecule has 5 nitrogen and oxygen atoms in total. The largest absolute Gasteiger partial charge is 0.369 e. The van der Waals surface area contributed by atoms with Gasteiger partial charge >= 0.3 is 0 Å². The molecule has 0 aromatic carbocycles. The molecule has 7 heteroatoms. The number of nitrogens with one attached hydrogen (secondary N) is 1. The van der Waals surface area contributed by atoms with E-state index in [-0.39, 0.29) is 6.54 Å². The third-order valence-corrected chi connectivity index (χ3v) is 3.25. The summed E-state index contributed by atoms with van der Waals surface area (Å²) < 4.78 is 0. The summed E-state index contributed by atoms with van der Waals surface area (Å²) in [5.74, 6) is 0.665. The molecule has 0 aliphatic carbocycles. The van der Waals surface area contributed by atoms with Crippen molar-refractivity contribution in [2.75, 3.05) is 29.9 Å². The standard InChI is InChI=1S/C13H20Cl2N4O/c1-3-5-6-19(8-11(16)20)13-10(15)7-9(14)12(18-13)17-4-2/h7H,3-6,8H2,1-2H3,(H2,16,20)(H,17,18). The van der Waals surface area contributed by atoms with E-state index in [0.717, 1.165) is 12.8 Å². The van der Waals surface area contributed by atoms with Crippen LogP contribution < -0.4 is 16.0 Å². The highest BCUT2D eigenvalue weighted by atomic mass is 35.5. The lowest BCUT2D eigenvalue weighted by Gasteiger charge is -2.24. The van der Waals surface area contributed by atoms with Gasteiger partial charge in [-0.15, -0.1) is 0 Å². The zero-order valence-corrected chi connectivity index (χ0v) is 13.3. The fourth-order valence-corrected chi connectivity index (χ4v) is 2.31. The second-order valence-corrected chi connectivity index (χ2v) is 5.21. The van der Waals surface area contributed by atoms with Gasteiger partial charge in [0.2, 0.25) is 5.91 Å². The fourth-order valence-electron chi connectivity index (χ4n) is 1.77. The van der Waals surface area contributed by atoms with Crippen LogP contribution >= 0.6 is 23.2 Å². The summed E-state index contributed by atoms with van der Waals surface area (Å²) in [6, 6.07) is 1.63. The van der Waals surface area contributed by atoms with Crippen LogP contribution in [0.4, 0.5) is 11.6 Å². The first-order valence-electron chi connectivity index (χ1n) is 6.62. The lowest BCUT2D eigenvalue weighted by atomic mass is 10.3. The van der Waals surface area contributed by atoms with Gasteiger partial charge in [0.25, 0.3) is 0 Å². The number of carbonyl (C=O) groups is 1. The highest BCUT2D eigenvalue weighted by Crippen LogP contribution is 2.31. The highest BCUT2D eigenvalue weighted by molar-refractivity contribution is 6.37. The van der Waals surface area contributed by atoms with Crippen molar-refractivity contribution in [2.45, 2.75) is 26.7 Å². The second-order valence-electron chi connectivity index (χ2n) is 4.40. The quantitative estimate of drug-likeness (QED) is 0.773. The molecule has 1 aromatic rings. The Morgan fingerprint density at radius 1 is 1.40 bits per heavy atom. The number of nitrogens with two attached hydrogens (primary N) is 1. The zero-order chi connectivity index (χ0) is 15.1. The number of hydrogen-bond donors (Lipinski definition) is 2. The van der Waals surface area contributed by atoms with E-state index in [1.165, 1.54) is 0 Å². The van der Waals surface area contributed by atoms with E-state index >= 15 is 0 Å². The first-order chi connectivity index (χ1) is 9.49. The lowest BCUT2D eigenvalue weighted by molar-refractivity contribution is -0.116. The molecule has 0 bridgehead atoms. The van der Waals surface area contributed by atoms with Crippen molar-refractivity contribution in [1.82, 2.24) is 4.98 Å². The van der Waals surface area contributed by atoms with Crippen molar-refractivity contribution in [3.8, 4) is 0 Å². The Morgan fingerprint density at radius 3 is 2.65 bits per heavy atom. The van der Waals surface area contributed by atoms with Gasteiger partial charge in [-0.25, -0.2) is 4.98 Å². The van der Waals surface area contributed by atoms with Crippen LogP contribution in [0.3, 0.4) is 0 Å². The van der Waals surface area contributed by atoms with E-state index < -0.39 is 5.91 Å². The number of halogens is 2. The highest BCUT2D eigenvalue weighted by Gasteiger charge is 2.17. The third kappa shape index (κ3) is 4.72. The summed E-state index contributed by atoms with van der Waals surface area (Å²) in [7, 11) is 0. The Morgan fingerprint density at radius 2 is 2.10 bits per heavy atom. The number of nitrogens with zero attached hydrogens (tertiary/aromatic N) is 2. The van der Waals surface area contributed by atoms with Gasteiger partial charge in [0, 0.05) is 13.1 Å². The number of aromatic nitrogens is 1. The Labute approximate surface area is 129 Å². The first kappa shape index (κ1) is 16.9. The van der Waals surface area contributed by atoms with Gasteiger partial charge in [0.05, 0.1) is 16.6 Å². The van der Waals surface area contributed by atoms with Crippen molar-refractivity contribution >= 4 is 40.7 Å². The molecule has 0 saturated heterocycles. The van der Waals surface area contributed by atoms with Crippen molar-refractivity contribution < 1.29 is 4.79 Å². The van der Waals surface area contributed by atoms with Gasteiger partial charge in [-0.3, -0.25) is 4.79 Å². The number of unbranched alkanes of at least 4 members (excludes halogenated alkanes) is 1. The molecule has 1 aromatic heterocycles. The molecule has 0 saturated carbocycles. The summed E-state index contributed by atoms with van der Waals surface area (Å²) in [6.07, 6.45) is 1.92. The van der Waals surface area contributed by atoms with Crippen LogP contribution in [0.15, 0.2) is 6.07 Å². The number of amides is 1. The minimum Gasteiger partial charge on any atom is -0.369 e. The lowest BCUT2D eigenvalue weighted by Crippen LogP contribution is -2.35. The average molecular weight is 319 g/mol. The minimum absolute atomic E-state index is 0.0833. The molecule has 0 aliphatic rings. The van der Waals surface area contributed by atoms with Crippen molar-refractivity contribution in [3.05, 3.63) is 16.1 Å². The van der Waals surface area contributed by atoms with E-state index in [1.807, 2.05) is 6.92 Å². The molecule has 0 radical (unpaired) electrons. The fraction of sp³-hybridized carbons (Fsp3) is 0.538. The Balaban J connectivity index is 3.09. The van der Waals surface area contributed by atoms with Crippen LogP contribution in [0.5, 0.6) is 0 Å². The predicted molar refractivity (Wildman–Crippen MR) is 84.7 cm³/mol. The van der Waals surface area contributed by atoms with Crippen LogP contribution in [-0.2, 0) is 4.79 Å². The van der Waals surface area contributed by atoms with Gasteiger partial charge in [-0.2, -0.15) is 0 Å². The molecule has 1 rings (SSSR count). The number of rotatable bonds is 8. The first-order valence-corrected chi connectivity index (χ1v) is 7.38. The molecule has 1 heterocycles. The maximum Gasteiger partial charge on any atom is 0.236 e. The third-order valence-electron chi connectivity index (χ3n) is 2.68. The molecular formula is C13H20Cl2N4O. The van der Waals surface area contributed by atoms with Crippen LogP contribution in [0.25, 0.3) is 0 Å². The SMILES string of the molecule is CCCCN(CC(N)=O)c1nc(NCC)c(Cl)cc1Cl. The van der Waals surface area contributed by atoms with Gasteiger partial charge in [0.1, 0.15) is 11.6 Å². The van der Waals surface area contributed by atoms with Crippen molar-refractivity contribution in [1.29, 1.82) is 0 Å². The van der Waals surface area contributed by atoms with Gasteiger partial charge in [-0.1, -0.05) is 36.5 Å². The van der Waals surface area contributed by atoms with Gasteiger partial charge in [-0.05, 0) is 19.4 Å². The molecule has 20 heavy (non-hydrogen) atoms. The molecule has 3 N–H and O–H groups in total. The molecule has 0 aliphatic heterocycles. The molecule has 0 unspecified atom stereocenters. The number of hydrogen-bond acceptors (Lipinski definition) is 4. The van der Waals surface area contributed by atoms with Gasteiger partial charge in [0.15, 0.2) is 0 Å². The molecule has 1 amide bonds. The Bertz CT molecular complexity index is 468. The summed E-state index contributed by atoms with van der Waals surface area (Å²) in [5.41, 5.74) is 5.29. The number of carbonyl (C=O) groups excluding carboxylic acids is 1. The normalized spacial score (nSPS) is 10.4. The summed E-state index contributed by atoms with van der Waals surface area (Å²) in [5, 5.41) is 3.93. The maximum atomic E-state index is 11.2. The monoisotopic (exact) mass is 318 g/mol. The predicted octanol–water partition coefficient (Wildman–Crippen LogP) is 2.91. The number of anilines is 2. The molecular weight excluding hydrogens is 299 g/mol.